The maximum absolute atomic E-state index is 12.4. The van der Waals surface area contributed by atoms with E-state index in [0.29, 0.717) is 31.7 Å². The Bertz CT molecular complexity index is 597. The van der Waals surface area contributed by atoms with Gasteiger partial charge in [-0.05, 0) is 50.8 Å². The molecule has 0 aliphatic carbocycles. The first-order valence-corrected chi connectivity index (χ1v) is 7.59. The van der Waals surface area contributed by atoms with E-state index in [1.165, 1.54) is 0 Å². The molecule has 0 saturated heterocycles. The number of phenolic OH excluding ortho intramolecular Hbond substituents is 1. The van der Waals surface area contributed by atoms with Crippen molar-refractivity contribution in [3.05, 3.63) is 22.3 Å². The highest BCUT2D eigenvalue weighted by Gasteiger charge is 2.40. The summed E-state index contributed by atoms with van der Waals surface area (Å²) in [6.07, 6.45) is 1.30. The van der Waals surface area contributed by atoms with Crippen LogP contribution in [-0.4, -0.2) is 36.9 Å². The monoisotopic (exact) mass is 307 g/mol. The van der Waals surface area contributed by atoms with E-state index in [1.54, 1.807) is 7.11 Å². The van der Waals surface area contributed by atoms with Gasteiger partial charge in [-0.3, -0.25) is 4.79 Å². The van der Waals surface area contributed by atoms with Crippen LogP contribution in [0.3, 0.4) is 0 Å². The van der Waals surface area contributed by atoms with Gasteiger partial charge in [-0.15, -0.1) is 0 Å². The topological polar surface area (TPSA) is 67.8 Å². The quantitative estimate of drug-likeness (QED) is 0.837. The average molecular weight is 307 g/mol. The van der Waals surface area contributed by atoms with Crippen molar-refractivity contribution in [2.24, 2.45) is 0 Å². The molecule has 0 saturated carbocycles. The Balaban J connectivity index is 2.29. The molecule has 5 nitrogen and oxygen atoms in total. The summed E-state index contributed by atoms with van der Waals surface area (Å²) in [6, 6.07) is 0. The third-order valence-corrected chi connectivity index (χ3v) is 4.59. The number of hydrogen-bond acceptors (Lipinski definition) is 4. The molecule has 0 fully saturated rings. The minimum absolute atomic E-state index is 0.127. The van der Waals surface area contributed by atoms with E-state index in [2.05, 4.69) is 5.32 Å². The van der Waals surface area contributed by atoms with Crippen LogP contribution in [0.4, 0.5) is 0 Å². The fourth-order valence-electron chi connectivity index (χ4n) is 2.86. The zero-order valence-electron chi connectivity index (χ0n) is 14.0. The van der Waals surface area contributed by atoms with E-state index in [4.69, 9.17) is 9.47 Å². The van der Waals surface area contributed by atoms with Gasteiger partial charge < -0.3 is 19.9 Å². The summed E-state index contributed by atoms with van der Waals surface area (Å²) in [6.45, 7) is 8.44. The molecule has 1 aromatic carbocycles. The van der Waals surface area contributed by atoms with Crippen LogP contribution in [0.5, 0.6) is 11.5 Å². The molecule has 2 N–H and O–H groups in total. The Morgan fingerprint density at radius 1 is 1.32 bits per heavy atom. The highest BCUT2D eigenvalue weighted by atomic mass is 16.5. The summed E-state index contributed by atoms with van der Waals surface area (Å²) in [4.78, 5) is 12.4. The molecule has 1 aliphatic heterocycles. The summed E-state index contributed by atoms with van der Waals surface area (Å²) in [5.41, 5.74) is 2.66. The number of carbonyl (C=O) groups excluding carboxylic acids is 1. The molecule has 1 aliphatic rings. The molecule has 1 aromatic rings. The lowest BCUT2D eigenvalue weighted by Crippen LogP contribution is -2.51. The zero-order valence-corrected chi connectivity index (χ0v) is 14.0. The summed E-state index contributed by atoms with van der Waals surface area (Å²) in [5.74, 6) is 0.939. The Hall–Kier alpha value is -1.75. The molecule has 1 heterocycles. The predicted octanol–water partition coefficient (Wildman–Crippen LogP) is 2.16. The van der Waals surface area contributed by atoms with Gasteiger partial charge in [0, 0.05) is 25.6 Å². The first kappa shape index (κ1) is 16.6. The zero-order chi connectivity index (χ0) is 16.5. The van der Waals surface area contributed by atoms with Gasteiger partial charge >= 0.3 is 0 Å². The summed E-state index contributed by atoms with van der Waals surface area (Å²) in [7, 11) is 1.60. The number of nitrogens with one attached hydrogen (secondary N) is 1. The summed E-state index contributed by atoms with van der Waals surface area (Å²) < 4.78 is 11.0. The third kappa shape index (κ3) is 2.77. The third-order valence-electron chi connectivity index (χ3n) is 4.59. The van der Waals surface area contributed by atoms with Crippen LogP contribution >= 0.6 is 0 Å². The van der Waals surface area contributed by atoms with Crippen molar-refractivity contribution >= 4 is 5.91 Å². The van der Waals surface area contributed by atoms with Crippen LogP contribution in [-0.2, 0) is 16.0 Å². The smallest absolute Gasteiger partial charge is 0.263 e. The molecule has 5 heteroatoms. The van der Waals surface area contributed by atoms with Crippen LogP contribution in [0.15, 0.2) is 0 Å². The second-order valence-corrected chi connectivity index (χ2v) is 6.11. The van der Waals surface area contributed by atoms with Crippen LogP contribution in [0.25, 0.3) is 0 Å². The molecule has 122 valence electrons. The highest BCUT2D eigenvalue weighted by Crippen LogP contribution is 2.43. The standard InChI is InChI=1S/C17H25NO4/c1-10-11(2)15-13(12(3)14(10)19)6-7-17(4,22-15)16(20)18-8-9-21-5/h19H,6-9H2,1-5H3,(H,18,20). The molecular formula is C17H25NO4. The van der Waals surface area contributed by atoms with Crippen molar-refractivity contribution in [2.75, 3.05) is 20.3 Å². The Morgan fingerprint density at radius 3 is 2.64 bits per heavy atom. The number of benzene rings is 1. The van der Waals surface area contributed by atoms with Gasteiger partial charge in [-0.25, -0.2) is 0 Å². The van der Waals surface area contributed by atoms with Crippen molar-refractivity contribution in [2.45, 2.75) is 46.1 Å². The number of amides is 1. The number of aromatic hydroxyl groups is 1. The molecule has 1 atom stereocenters. The van der Waals surface area contributed by atoms with Gasteiger partial charge in [0.05, 0.1) is 6.61 Å². The normalized spacial score (nSPS) is 20.2. The van der Waals surface area contributed by atoms with Gasteiger partial charge in [0.25, 0.3) is 5.91 Å². The second-order valence-electron chi connectivity index (χ2n) is 6.11. The number of phenols is 1. The lowest BCUT2D eigenvalue weighted by Gasteiger charge is -2.36. The van der Waals surface area contributed by atoms with Crippen molar-refractivity contribution in [1.29, 1.82) is 0 Å². The maximum Gasteiger partial charge on any atom is 0.263 e. The fraction of sp³-hybridized carbons (Fsp3) is 0.588. The number of rotatable bonds is 4. The van der Waals surface area contributed by atoms with Gasteiger partial charge in [0.15, 0.2) is 5.60 Å². The number of carbonyl (C=O) groups is 1. The van der Waals surface area contributed by atoms with E-state index in [-0.39, 0.29) is 5.91 Å². The molecular weight excluding hydrogens is 282 g/mol. The van der Waals surface area contributed by atoms with E-state index in [9.17, 15) is 9.90 Å². The molecule has 2 rings (SSSR count). The van der Waals surface area contributed by atoms with E-state index < -0.39 is 5.60 Å². The molecule has 0 bridgehead atoms. The molecule has 0 radical (unpaired) electrons. The number of methoxy groups -OCH3 is 1. The van der Waals surface area contributed by atoms with E-state index in [0.717, 1.165) is 28.0 Å². The van der Waals surface area contributed by atoms with Crippen molar-refractivity contribution in [3.8, 4) is 11.5 Å². The Morgan fingerprint density at radius 2 is 2.00 bits per heavy atom. The van der Waals surface area contributed by atoms with Crippen molar-refractivity contribution < 1.29 is 19.4 Å². The van der Waals surface area contributed by atoms with Crippen LogP contribution < -0.4 is 10.1 Å². The molecule has 0 aromatic heterocycles. The minimum atomic E-state index is -0.888. The van der Waals surface area contributed by atoms with Crippen molar-refractivity contribution in [1.82, 2.24) is 5.32 Å². The summed E-state index contributed by atoms with van der Waals surface area (Å²) >= 11 is 0. The molecule has 22 heavy (non-hydrogen) atoms. The van der Waals surface area contributed by atoms with Crippen LogP contribution in [0.1, 0.15) is 35.6 Å². The van der Waals surface area contributed by atoms with Gasteiger partial charge in [0.1, 0.15) is 11.5 Å². The van der Waals surface area contributed by atoms with E-state index >= 15 is 0 Å². The Kier molecular flexibility index (Phi) is 4.66. The van der Waals surface area contributed by atoms with Gasteiger partial charge in [-0.1, -0.05) is 0 Å². The highest BCUT2D eigenvalue weighted by molar-refractivity contribution is 5.85. The van der Waals surface area contributed by atoms with Crippen LogP contribution in [0, 0.1) is 20.8 Å². The molecule has 1 unspecified atom stereocenters. The first-order chi connectivity index (χ1) is 10.3. The Labute approximate surface area is 131 Å². The second kappa shape index (κ2) is 6.16. The average Bonchev–Trinajstić information content (AvgIpc) is 2.51. The first-order valence-electron chi connectivity index (χ1n) is 7.59. The number of fused-ring (bicyclic) bond motifs is 1. The number of hydrogen-bond donors (Lipinski definition) is 2. The van der Waals surface area contributed by atoms with Crippen molar-refractivity contribution in [3.63, 3.8) is 0 Å². The lowest BCUT2D eigenvalue weighted by atomic mass is 9.86. The maximum atomic E-state index is 12.4. The predicted molar refractivity (Wildman–Crippen MR) is 84.6 cm³/mol. The molecule has 0 spiro atoms. The van der Waals surface area contributed by atoms with Crippen LogP contribution in [0.2, 0.25) is 0 Å². The molecule has 1 amide bonds. The SMILES string of the molecule is COCCNC(=O)C1(C)CCc2c(C)c(O)c(C)c(C)c2O1. The largest absolute Gasteiger partial charge is 0.507 e. The van der Waals surface area contributed by atoms with Gasteiger partial charge in [-0.2, -0.15) is 0 Å². The van der Waals surface area contributed by atoms with Gasteiger partial charge in [0.2, 0.25) is 0 Å². The lowest BCUT2D eigenvalue weighted by molar-refractivity contribution is -0.137. The van der Waals surface area contributed by atoms with E-state index in [1.807, 2.05) is 27.7 Å². The minimum Gasteiger partial charge on any atom is -0.507 e. The fourth-order valence-corrected chi connectivity index (χ4v) is 2.86. The number of ether oxygens (including phenoxy) is 2. The summed E-state index contributed by atoms with van der Waals surface area (Å²) in [5, 5.41) is 13.0.